The summed E-state index contributed by atoms with van der Waals surface area (Å²) in [4.78, 5) is 15.1. The Kier molecular flexibility index (Phi) is 6.07. The van der Waals surface area contributed by atoms with Gasteiger partial charge in [0.15, 0.2) is 5.76 Å². The van der Waals surface area contributed by atoms with E-state index in [-0.39, 0.29) is 23.1 Å². The number of carbonyl (C=O) groups is 1. The van der Waals surface area contributed by atoms with Crippen molar-refractivity contribution in [3.05, 3.63) is 53.8 Å². The fourth-order valence-corrected chi connectivity index (χ4v) is 2.53. The Bertz CT molecular complexity index is 627. The summed E-state index contributed by atoms with van der Waals surface area (Å²) in [6.07, 6.45) is 0. The maximum atomic E-state index is 12.1. The first-order valence-corrected chi connectivity index (χ1v) is 10.3. The van der Waals surface area contributed by atoms with Gasteiger partial charge in [-0.05, 0) is 30.3 Å². The molecule has 23 heavy (non-hydrogen) atoms. The molecule has 6 heteroatoms. The number of esters is 1. The Morgan fingerprint density at radius 2 is 1.83 bits per heavy atom. The molecule has 0 atom stereocenters. The minimum atomic E-state index is -2.18. The summed E-state index contributed by atoms with van der Waals surface area (Å²) in [6.45, 7) is 14.0. The molecule has 0 fully saturated rings. The third kappa shape index (κ3) is 5.19. The molecule has 1 rings (SSSR count). The second-order valence-corrected chi connectivity index (χ2v) is 11.5. The number of nitrogens with zero attached hydrogens (tertiary/aromatic N) is 2. The highest BCUT2D eigenvalue weighted by Crippen LogP contribution is 2.37. The molecule has 0 aliphatic heterocycles. The molecule has 5 nitrogen and oxygen atoms in total. The molecule has 0 heterocycles. The number of rotatable bonds is 6. The smallest absolute Gasteiger partial charge is 0.438 e. The Balaban J connectivity index is 2.74. The lowest BCUT2D eigenvalue weighted by Gasteiger charge is -2.36. The standard InChI is InChI=1S/C17H24N2O3Si/c1-13(22-23(5,6)17(2,3)4)15(19-18)16(20)21-12-14-10-8-7-9-11-14/h7-11H,1,12H2,2-6H3. The summed E-state index contributed by atoms with van der Waals surface area (Å²) in [5.41, 5.74) is 9.67. The van der Waals surface area contributed by atoms with Crippen molar-refractivity contribution in [1.29, 1.82) is 0 Å². The molecule has 1 aromatic rings. The third-order valence-corrected chi connectivity index (χ3v) is 8.32. The largest absolute Gasteiger partial charge is 0.538 e. The van der Waals surface area contributed by atoms with E-state index in [0.717, 1.165) is 5.56 Å². The van der Waals surface area contributed by atoms with Gasteiger partial charge in [-0.3, -0.25) is 0 Å². The van der Waals surface area contributed by atoms with Gasteiger partial charge in [0, 0.05) is 0 Å². The van der Waals surface area contributed by atoms with Crippen LogP contribution >= 0.6 is 0 Å². The predicted octanol–water partition coefficient (Wildman–Crippen LogP) is 3.94. The van der Waals surface area contributed by atoms with E-state index >= 15 is 0 Å². The lowest BCUT2D eigenvalue weighted by atomic mass is 10.2. The van der Waals surface area contributed by atoms with E-state index in [1.807, 2.05) is 43.4 Å². The normalized spacial score (nSPS) is 11.3. The zero-order valence-corrected chi connectivity index (χ0v) is 15.4. The summed E-state index contributed by atoms with van der Waals surface area (Å²) >= 11 is 0. The Morgan fingerprint density at radius 3 is 2.30 bits per heavy atom. The van der Waals surface area contributed by atoms with Crippen LogP contribution in [-0.4, -0.2) is 24.8 Å². The topological polar surface area (TPSA) is 71.9 Å². The van der Waals surface area contributed by atoms with Crippen molar-refractivity contribution in [1.82, 2.24) is 0 Å². The molecule has 0 bridgehead atoms. The quantitative estimate of drug-likeness (QED) is 0.198. The summed E-state index contributed by atoms with van der Waals surface area (Å²) in [6, 6.07) is 9.25. The second kappa shape index (κ2) is 7.40. The average Bonchev–Trinajstić information content (AvgIpc) is 2.45. The highest BCUT2D eigenvalue weighted by molar-refractivity contribution is 6.74. The van der Waals surface area contributed by atoms with Crippen LogP contribution < -0.4 is 0 Å². The summed E-state index contributed by atoms with van der Waals surface area (Å²) in [5, 5.41) is -0.0650. The summed E-state index contributed by atoms with van der Waals surface area (Å²) < 4.78 is 11.0. The van der Waals surface area contributed by atoms with Crippen LogP contribution in [0.25, 0.3) is 5.53 Å². The van der Waals surface area contributed by atoms with E-state index in [9.17, 15) is 4.79 Å². The van der Waals surface area contributed by atoms with E-state index in [1.54, 1.807) is 0 Å². The maximum absolute atomic E-state index is 12.1. The lowest BCUT2D eigenvalue weighted by molar-refractivity contribution is -0.141. The van der Waals surface area contributed by atoms with E-state index in [2.05, 4.69) is 32.1 Å². The molecule has 0 aliphatic rings. The van der Waals surface area contributed by atoms with Crippen molar-refractivity contribution in [2.75, 3.05) is 0 Å². The van der Waals surface area contributed by atoms with Crippen molar-refractivity contribution in [2.24, 2.45) is 0 Å². The summed E-state index contributed by atoms with van der Waals surface area (Å²) in [5.74, 6) is -0.725. The third-order valence-electron chi connectivity index (χ3n) is 3.95. The Morgan fingerprint density at radius 1 is 1.26 bits per heavy atom. The number of hydrogen-bond donors (Lipinski definition) is 0. The van der Waals surface area contributed by atoms with Gasteiger partial charge in [0.05, 0.1) is 0 Å². The van der Waals surface area contributed by atoms with E-state index in [4.69, 9.17) is 14.7 Å². The summed E-state index contributed by atoms with van der Waals surface area (Å²) in [7, 11) is -2.18. The molecule has 0 aromatic heterocycles. The van der Waals surface area contributed by atoms with Gasteiger partial charge < -0.3 is 14.7 Å². The number of benzene rings is 1. The second-order valence-electron chi connectivity index (χ2n) is 6.80. The molecule has 0 saturated carbocycles. The molecule has 0 spiro atoms. The van der Waals surface area contributed by atoms with Crippen LogP contribution in [0.5, 0.6) is 0 Å². The van der Waals surface area contributed by atoms with Crippen molar-refractivity contribution in [2.45, 2.75) is 45.5 Å². The van der Waals surface area contributed by atoms with Crippen LogP contribution in [0, 0.1) is 0 Å². The van der Waals surface area contributed by atoms with Crippen LogP contribution in [0.3, 0.4) is 0 Å². The van der Waals surface area contributed by atoms with Crippen LogP contribution in [0.15, 0.2) is 42.7 Å². The highest BCUT2D eigenvalue weighted by Gasteiger charge is 2.42. The molecular formula is C17H24N2O3Si. The molecule has 0 aliphatic carbocycles. The van der Waals surface area contributed by atoms with Crippen molar-refractivity contribution < 1.29 is 18.7 Å². The molecule has 0 radical (unpaired) electrons. The van der Waals surface area contributed by atoms with Crippen LogP contribution in [0.4, 0.5) is 0 Å². The first-order chi connectivity index (χ1) is 10.6. The molecule has 1 aromatic carbocycles. The molecule has 0 amide bonds. The zero-order chi connectivity index (χ0) is 17.7. The number of ether oxygens (including phenoxy) is 1. The number of carbonyl (C=O) groups excluding carboxylic acids is 1. The lowest BCUT2D eigenvalue weighted by Crippen LogP contribution is -2.42. The first kappa shape index (κ1) is 18.9. The minimum absolute atomic E-state index is 0.0390. The fraction of sp³-hybridized carbons (Fsp3) is 0.412. The molecule has 0 N–H and O–H groups in total. The molecule has 0 unspecified atom stereocenters. The van der Waals surface area contributed by atoms with Gasteiger partial charge >= 0.3 is 11.7 Å². The van der Waals surface area contributed by atoms with Gasteiger partial charge in [-0.2, -0.15) is 4.79 Å². The van der Waals surface area contributed by atoms with Gasteiger partial charge in [0.2, 0.25) is 0 Å². The van der Waals surface area contributed by atoms with Crippen molar-refractivity contribution in [3.8, 4) is 0 Å². The van der Waals surface area contributed by atoms with E-state index in [0.29, 0.717) is 0 Å². The van der Waals surface area contributed by atoms with Gasteiger partial charge in [-0.15, -0.1) is 0 Å². The van der Waals surface area contributed by atoms with Crippen molar-refractivity contribution in [3.63, 3.8) is 0 Å². The van der Waals surface area contributed by atoms with E-state index in [1.165, 1.54) is 0 Å². The predicted molar refractivity (Wildman–Crippen MR) is 92.3 cm³/mol. The first-order valence-electron chi connectivity index (χ1n) is 7.40. The highest BCUT2D eigenvalue weighted by atomic mass is 28.4. The monoisotopic (exact) mass is 332 g/mol. The van der Waals surface area contributed by atoms with Crippen LogP contribution in [-0.2, 0) is 20.6 Å². The Hall–Kier alpha value is -2.17. The zero-order valence-electron chi connectivity index (χ0n) is 14.4. The van der Waals surface area contributed by atoms with Crippen LogP contribution in [0.2, 0.25) is 18.1 Å². The van der Waals surface area contributed by atoms with Gasteiger partial charge in [-0.25, -0.2) is 4.79 Å². The minimum Gasteiger partial charge on any atom is -0.538 e. The number of hydrogen-bond acceptors (Lipinski definition) is 3. The van der Waals surface area contributed by atoms with E-state index < -0.39 is 14.3 Å². The van der Waals surface area contributed by atoms with Crippen molar-refractivity contribution >= 4 is 20.0 Å². The van der Waals surface area contributed by atoms with Gasteiger partial charge in [0.25, 0.3) is 8.32 Å². The SMILES string of the molecule is C=C(O[Si](C)(C)C(C)(C)C)C(=[N+]=[N-])C(=O)OCc1ccccc1. The molecular weight excluding hydrogens is 308 g/mol. The van der Waals surface area contributed by atoms with Gasteiger partial charge in [0.1, 0.15) is 6.61 Å². The van der Waals surface area contributed by atoms with Gasteiger partial charge in [-0.1, -0.05) is 51.1 Å². The molecule has 124 valence electrons. The molecule has 0 saturated heterocycles. The fourth-order valence-electron chi connectivity index (χ4n) is 1.51. The maximum Gasteiger partial charge on any atom is 0.438 e. The van der Waals surface area contributed by atoms with Crippen LogP contribution in [0.1, 0.15) is 26.3 Å². The average molecular weight is 332 g/mol. The Labute approximate surface area is 138 Å².